The van der Waals surface area contributed by atoms with E-state index in [0.717, 1.165) is 30.3 Å². The van der Waals surface area contributed by atoms with Crippen molar-refractivity contribution in [3.63, 3.8) is 0 Å². The number of aliphatic imine (C=N–C) groups is 1. The molecule has 4 rings (SSSR count). The number of aromatic carboxylic acids is 1. The number of carboxylic acids is 1. The molecular formula is C16H15BN2O2. The molecule has 0 aliphatic carbocycles. The summed E-state index contributed by atoms with van der Waals surface area (Å²) in [5.74, 6) is 1.80. The molecule has 3 heterocycles. The summed E-state index contributed by atoms with van der Waals surface area (Å²) in [6.07, 6.45) is 6.39. The van der Waals surface area contributed by atoms with Crippen LogP contribution in [0.3, 0.4) is 0 Å². The number of carbonyl (C=O) groups is 1. The van der Waals surface area contributed by atoms with Crippen LogP contribution in [-0.2, 0) is 12.7 Å². The number of nitrogens with zero attached hydrogens (tertiary/aromatic N) is 1. The maximum atomic E-state index is 11.4. The first-order valence-electron chi connectivity index (χ1n) is 7.26. The number of carboxylic acid groups (broad SMARTS) is 1. The number of nitrogens with one attached hydrogen (secondary N) is 1. The van der Waals surface area contributed by atoms with E-state index in [1.54, 1.807) is 6.07 Å². The van der Waals surface area contributed by atoms with Gasteiger partial charge in [0.15, 0.2) is 6.71 Å². The van der Waals surface area contributed by atoms with E-state index in [9.17, 15) is 9.90 Å². The van der Waals surface area contributed by atoms with Gasteiger partial charge in [0.05, 0.1) is 5.56 Å². The van der Waals surface area contributed by atoms with Gasteiger partial charge in [-0.25, -0.2) is 4.79 Å². The summed E-state index contributed by atoms with van der Waals surface area (Å²) >= 11 is 0. The highest BCUT2D eigenvalue weighted by Gasteiger charge is 2.37. The number of benzene rings is 1. The molecule has 104 valence electrons. The van der Waals surface area contributed by atoms with E-state index in [1.807, 2.05) is 18.5 Å². The summed E-state index contributed by atoms with van der Waals surface area (Å²) in [7, 11) is 0. The maximum Gasteiger partial charge on any atom is 0.335 e. The predicted octanol–water partition coefficient (Wildman–Crippen LogP) is 1.81. The second kappa shape index (κ2) is 4.62. The predicted molar refractivity (Wildman–Crippen MR) is 82.8 cm³/mol. The van der Waals surface area contributed by atoms with Crippen LogP contribution in [-0.4, -0.2) is 29.9 Å². The van der Waals surface area contributed by atoms with Crippen molar-refractivity contribution in [2.24, 2.45) is 4.99 Å². The van der Waals surface area contributed by atoms with Crippen LogP contribution in [0.4, 0.5) is 0 Å². The minimum atomic E-state index is -0.827. The molecule has 1 unspecified atom stereocenters. The van der Waals surface area contributed by atoms with Gasteiger partial charge >= 0.3 is 5.97 Å². The molecule has 1 atom stereocenters. The molecule has 1 aromatic rings. The van der Waals surface area contributed by atoms with Crippen molar-refractivity contribution in [3.8, 4) is 0 Å². The van der Waals surface area contributed by atoms with Gasteiger partial charge in [0.2, 0.25) is 0 Å². The van der Waals surface area contributed by atoms with Gasteiger partial charge in [0.1, 0.15) is 0 Å². The lowest BCUT2D eigenvalue weighted by Crippen LogP contribution is -2.43. The van der Waals surface area contributed by atoms with Gasteiger partial charge < -0.3 is 10.4 Å². The summed E-state index contributed by atoms with van der Waals surface area (Å²) < 4.78 is 0. The first-order valence-corrected chi connectivity index (χ1v) is 7.26. The Morgan fingerprint density at radius 3 is 3.10 bits per heavy atom. The number of hydrogen-bond acceptors (Lipinski definition) is 3. The Morgan fingerprint density at radius 1 is 1.43 bits per heavy atom. The fraction of sp³-hybridized carbons (Fsp3) is 0.250. The first-order chi connectivity index (χ1) is 10.2. The maximum absolute atomic E-state index is 11.4. The Balaban J connectivity index is 1.66. The van der Waals surface area contributed by atoms with Crippen LogP contribution >= 0.6 is 0 Å². The van der Waals surface area contributed by atoms with E-state index in [4.69, 9.17) is 0 Å². The molecule has 3 aliphatic rings. The molecule has 2 N–H and O–H groups in total. The monoisotopic (exact) mass is 278 g/mol. The molecule has 0 fully saturated rings. The molecule has 0 aromatic heterocycles. The van der Waals surface area contributed by atoms with E-state index in [2.05, 4.69) is 22.4 Å². The van der Waals surface area contributed by atoms with Gasteiger partial charge in [-0.15, -0.1) is 0 Å². The fourth-order valence-corrected chi connectivity index (χ4v) is 3.55. The van der Waals surface area contributed by atoms with Crippen molar-refractivity contribution in [3.05, 3.63) is 58.3 Å². The Bertz CT molecular complexity index is 721. The summed E-state index contributed by atoms with van der Waals surface area (Å²) in [5, 5.41) is 12.9. The number of rotatable bonds is 2. The minimum Gasteiger partial charge on any atom is -0.478 e. The van der Waals surface area contributed by atoms with Crippen molar-refractivity contribution in [1.82, 2.24) is 5.32 Å². The topological polar surface area (TPSA) is 61.7 Å². The highest BCUT2D eigenvalue weighted by molar-refractivity contribution is 6.67. The molecule has 4 nitrogen and oxygen atoms in total. The van der Waals surface area contributed by atoms with E-state index < -0.39 is 5.97 Å². The highest BCUT2D eigenvalue weighted by atomic mass is 16.4. The Morgan fingerprint density at radius 2 is 2.33 bits per heavy atom. The van der Waals surface area contributed by atoms with Crippen LogP contribution in [0, 0.1) is 0 Å². The second-order valence-corrected chi connectivity index (χ2v) is 5.84. The lowest BCUT2D eigenvalue weighted by Gasteiger charge is -2.27. The quantitative estimate of drug-likeness (QED) is 0.811. The van der Waals surface area contributed by atoms with Gasteiger partial charge in [-0.3, -0.25) is 4.99 Å². The smallest absolute Gasteiger partial charge is 0.335 e. The molecule has 0 saturated carbocycles. The van der Waals surface area contributed by atoms with E-state index in [0.29, 0.717) is 18.2 Å². The fourth-order valence-electron chi connectivity index (χ4n) is 3.55. The molecule has 0 spiro atoms. The number of allylic oxidation sites excluding steroid dienone is 1. The van der Waals surface area contributed by atoms with E-state index in [1.165, 1.54) is 11.3 Å². The average Bonchev–Trinajstić information content (AvgIpc) is 3.12. The van der Waals surface area contributed by atoms with Gasteiger partial charge in [0, 0.05) is 30.5 Å². The third kappa shape index (κ3) is 2.00. The van der Waals surface area contributed by atoms with Crippen LogP contribution in [0.25, 0.3) is 0 Å². The average molecular weight is 278 g/mol. The van der Waals surface area contributed by atoms with Gasteiger partial charge in [-0.1, -0.05) is 18.1 Å². The molecule has 0 radical (unpaired) electrons. The molecule has 0 amide bonds. The van der Waals surface area contributed by atoms with Gasteiger partial charge in [-0.05, 0) is 35.5 Å². The normalized spacial score (nSPS) is 22.3. The first kappa shape index (κ1) is 12.4. The van der Waals surface area contributed by atoms with Crippen molar-refractivity contribution in [1.29, 1.82) is 0 Å². The van der Waals surface area contributed by atoms with Gasteiger partial charge in [0.25, 0.3) is 0 Å². The molecule has 3 aliphatic heterocycles. The van der Waals surface area contributed by atoms with Crippen molar-refractivity contribution in [2.45, 2.75) is 25.1 Å². The van der Waals surface area contributed by atoms with Crippen LogP contribution in [0.5, 0.6) is 0 Å². The zero-order valence-electron chi connectivity index (χ0n) is 11.5. The van der Waals surface area contributed by atoms with Gasteiger partial charge in [-0.2, -0.15) is 0 Å². The Labute approximate surface area is 123 Å². The highest BCUT2D eigenvalue weighted by Crippen LogP contribution is 2.30. The SMILES string of the molecule is O=C(O)c1cccc2c1CB1C=C(C3=CN=CC3)NC1C2. The molecular weight excluding hydrogens is 263 g/mol. The molecule has 21 heavy (non-hydrogen) atoms. The largest absolute Gasteiger partial charge is 0.478 e. The van der Waals surface area contributed by atoms with Crippen LogP contribution in [0.1, 0.15) is 27.9 Å². The lowest BCUT2D eigenvalue weighted by atomic mass is 9.39. The third-order valence-electron chi connectivity index (χ3n) is 4.61. The lowest BCUT2D eigenvalue weighted by molar-refractivity contribution is 0.0695. The van der Waals surface area contributed by atoms with Crippen LogP contribution in [0.15, 0.2) is 46.6 Å². The van der Waals surface area contributed by atoms with Crippen molar-refractivity contribution < 1.29 is 9.90 Å². The van der Waals surface area contributed by atoms with E-state index >= 15 is 0 Å². The summed E-state index contributed by atoms with van der Waals surface area (Å²) in [6.45, 7) is 0.370. The summed E-state index contributed by atoms with van der Waals surface area (Å²) in [4.78, 5) is 15.5. The Hall–Kier alpha value is -2.30. The number of fused-ring (bicyclic) bond motifs is 2. The Kier molecular flexibility index (Phi) is 2.74. The molecule has 1 aromatic carbocycles. The zero-order chi connectivity index (χ0) is 14.4. The molecule has 5 heteroatoms. The van der Waals surface area contributed by atoms with Crippen molar-refractivity contribution >= 4 is 18.9 Å². The zero-order valence-corrected chi connectivity index (χ0v) is 11.5. The standard InChI is InChI=1S/C16H15BN2O2/c20-16(21)12-3-1-2-10-6-15-17(7-13(10)12)8-14(19-15)11-4-5-18-9-11/h1-3,5,8-9,15,19H,4,6-7H2,(H,20,21). The minimum absolute atomic E-state index is 0.370. The summed E-state index contributed by atoms with van der Waals surface area (Å²) in [5.41, 5.74) is 5.02. The van der Waals surface area contributed by atoms with Crippen LogP contribution in [0.2, 0.25) is 0 Å². The van der Waals surface area contributed by atoms with Crippen molar-refractivity contribution in [2.75, 3.05) is 0 Å². The van der Waals surface area contributed by atoms with Crippen LogP contribution < -0.4 is 5.32 Å². The van der Waals surface area contributed by atoms with E-state index in [-0.39, 0.29) is 0 Å². The summed E-state index contributed by atoms with van der Waals surface area (Å²) in [6, 6.07) is 5.61. The third-order valence-corrected chi connectivity index (χ3v) is 4.61. The molecule has 0 saturated heterocycles. The second-order valence-electron chi connectivity index (χ2n) is 5.84. The number of hydrogen-bond donors (Lipinski definition) is 2. The molecule has 0 bridgehead atoms.